The third kappa shape index (κ3) is 2.69. The molecule has 1 amide bonds. The molecule has 20 heavy (non-hydrogen) atoms. The molecule has 0 radical (unpaired) electrons. The molecule has 0 saturated carbocycles. The van der Waals surface area contributed by atoms with Crippen molar-refractivity contribution in [2.24, 2.45) is 0 Å². The summed E-state index contributed by atoms with van der Waals surface area (Å²) in [4.78, 5) is 12.0. The van der Waals surface area contributed by atoms with E-state index in [1.807, 2.05) is 30.3 Å². The standard InChI is InChI=1S/C16H18N2O2/c17-12-4-6-14-11(10-12)3-7-15(14)18-16(19)8-5-13-2-1-9-20-13/h1-2,4,6,9-10,15H,3,5,7-8,17H2,(H,18,19). The molecular weight excluding hydrogens is 252 g/mol. The van der Waals surface area contributed by atoms with Crippen LogP contribution in [0, 0.1) is 0 Å². The fourth-order valence-electron chi connectivity index (χ4n) is 2.75. The van der Waals surface area contributed by atoms with Gasteiger partial charge in [-0.15, -0.1) is 0 Å². The van der Waals surface area contributed by atoms with Crippen molar-refractivity contribution in [3.8, 4) is 0 Å². The van der Waals surface area contributed by atoms with Crippen LogP contribution in [-0.2, 0) is 17.6 Å². The van der Waals surface area contributed by atoms with Gasteiger partial charge in [-0.2, -0.15) is 0 Å². The van der Waals surface area contributed by atoms with Gasteiger partial charge in [-0.05, 0) is 48.2 Å². The van der Waals surface area contributed by atoms with Crippen LogP contribution in [-0.4, -0.2) is 5.91 Å². The number of carbonyl (C=O) groups excluding carboxylic acids is 1. The molecule has 0 saturated heterocycles. The lowest BCUT2D eigenvalue weighted by Crippen LogP contribution is -2.27. The van der Waals surface area contributed by atoms with Crippen LogP contribution < -0.4 is 11.1 Å². The van der Waals surface area contributed by atoms with Gasteiger partial charge in [0.1, 0.15) is 5.76 Å². The number of hydrogen-bond acceptors (Lipinski definition) is 3. The number of hydrogen-bond donors (Lipinski definition) is 2. The predicted molar refractivity (Wildman–Crippen MR) is 77.1 cm³/mol. The van der Waals surface area contributed by atoms with Crippen molar-refractivity contribution in [1.82, 2.24) is 5.32 Å². The first-order valence-corrected chi connectivity index (χ1v) is 6.92. The minimum Gasteiger partial charge on any atom is -0.469 e. The lowest BCUT2D eigenvalue weighted by atomic mass is 10.1. The molecule has 0 aliphatic heterocycles. The maximum Gasteiger partial charge on any atom is 0.220 e. The van der Waals surface area contributed by atoms with E-state index >= 15 is 0 Å². The van der Waals surface area contributed by atoms with Gasteiger partial charge in [-0.25, -0.2) is 0 Å². The van der Waals surface area contributed by atoms with E-state index in [2.05, 4.69) is 5.32 Å². The number of aryl methyl sites for hydroxylation is 2. The van der Waals surface area contributed by atoms with Crippen LogP contribution in [0.3, 0.4) is 0 Å². The molecule has 104 valence electrons. The van der Waals surface area contributed by atoms with Crippen LogP contribution in [0.1, 0.15) is 35.8 Å². The molecule has 1 heterocycles. The molecule has 3 rings (SSSR count). The van der Waals surface area contributed by atoms with E-state index in [9.17, 15) is 4.79 Å². The summed E-state index contributed by atoms with van der Waals surface area (Å²) >= 11 is 0. The highest BCUT2D eigenvalue weighted by Crippen LogP contribution is 2.32. The molecule has 1 aliphatic carbocycles. The maximum atomic E-state index is 12.0. The number of carbonyl (C=O) groups is 1. The van der Waals surface area contributed by atoms with Gasteiger partial charge in [-0.3, -0.25) is 4.79 Å². The van der Waals surface area contributed by atoms with E-state index in [0.717, 1.165) is 24.3 Å². The SMILES string of the molecule is Nc1ccc2c(c1)CCC2NC(=O)CCc1ccco1. The number of rotatable bonds is 4. The number of furan rings is 1. The second-order valence-electron chi connectivity index (χ2n) is 5.20. The Morgan fingerprint density at radius 2 is 2.30 bits per heavy atom. The average molecular weight is 270 g/mol. The van der Waals surface area contributed by atoms with Gasteiger partial charge in [0.25, 0.3) is 0 Å². The number of nitrogens with one attached hydrogen (secondary N) is 1. The Bertz CT molecular complexity index is 605. The maximum absolute atomic E-state index is 12.0. The van der Waals surface area contributed by atoms with Crippen molar-refractivity contribution in [3.05, 3.63) is 53.5 Å². The summed E-state index contributed by atoms with van der Waals surface area (Å²) < 4.78 is 5.23. The quantitative estimate of drug-likeness (QED) is 0.839. The second-order valence-corrected chi connectivity index (χ2v) is 5.20. The Hall–Kier alpha value is -2.23. The van der Waals surface area contributed by atoms with Crippen molar-refractivity contribution in [1.29, 1.82) is 0 Å². The molecule has 4 heteroatoms. The Kier molecular flexibility index (Phi) is 3.46. The fourth-order valence-corrected chi connectivity index (χ4v) is 2.75. The van der Waals surface area contributed by atoms with E-state index in [4.69, 9.17) is 10.2 Å². The Balaban J connectivity index is 1.58. The zero-order chi connectivity index (χ0) is 13.9. The summed E-state index contributed by atoms with van der Waals surface area (Å²) in [5.41, 5.74) is 9.02. The molecule has 1 unspecified atom stereocenters. The summed E-state index contributed by atoms with van der Waals surface area (Å²) in [5, 5.41) is 3.10. The number of anilines is 1. The molecule has 1 aromatic heterocycles. The summed E-state index contributed by atoms with van der Waals surface area (Å²) in [6.07, 6.45) is 4.65. The molecule has 0 spiro atoms. The van der Waals surface area contributed by atoms with E-state index in [-0.39, 0.29) is 11.9 Å². The van der Waals surface area contributed by atoms with E-state index < -0.39 is 0 Å². The first kappa shape index (κ1) is 12.8. The highest BCUT2D eigenvalue weighted by molar-refractivity contribution is 5.77. The smallest absolute Gasteiger partial charge is 0.220 e. The summed E-state index contributed by atoms with van der Waals surface area (Å²) in [7, 11) is 0. The third-order valence-corrected chi connectivity index (χ3v) is 3.76. The van der Waals surface area contributed by atoms with Crippen LogP contribution in [0.15, 0.2) is 41.0 Å². The Labute approximate surface area is 118 Å². The molecule has 2 aromatic rings. The molecule has 4 nitrogen and oxygen atoms in total. The molecule has 1 atom stereocenters. The van der Waals surface area contributed by atoms with Gasteiger partial charge in [0.2, 0.25) is 5.91 Å². The van der Waals surface area contributed by atoms with Crippen molar-refractivity contribution < 1.29 is 9.21 Å². The number of nitrogens with two attached hydrogens (primary N) is 1. The summed E-state index contributed by atoms with van der Waals surface area (Å²) in [6.45, 7) is 0. The number of benzene rings is 1. The molecule has 1 aromatic carbocycles. The largest absolute Gasteiger partial charge is 0.469 e. The van der Waals surface area contributed by atoms with Gasteiger partial charge in [0.15, 0.2) is 0 Å². The minimum absolute atomic E-state index is 0.0658. The normalized spacial score (nSPS) is 16.9. The lowest BCUT2D eigenvalue weighted by Gasteiger charge is -2.14. The zero-order valence-electron chi connectivity index (χ0n) is 11.3. The highest BCUT2D eigenvalue weighted by Gasteiger charge is 2.23. The Morgan fingerprint density at radius 3 is 3.10 bits per heavy atom. The first-order chi connectivity index (χ1) is 9.72. The van der Waals surface area contributed by atoms with Crippen LogP contribution in [0.4, 0.5) is 5.69 Å². The van der Waals surface area contributed by atoms with E-state index in [0.29, 0.717) is 12.8 Å². The van der Waals surface area contributed by atoms with E-state index in [1.165, 1.54) is 11.1 Å². The lowest BCUT2D eigenvalue weighted by molar-refractivity contribution is -0.121. The summed E-state index contributed by atoms with van der Waals surface area (Å²) in [5.74, 6) is 0.913. The number of amides is 1. The van der Waals surface area contributed by atoms with Gasteiger partial charge >= 0.3 is 0 Å². The minimum atomic E-state index is 0.0658. The molecular formula is C16H18N2O2. The molecule has 3 N–H and O–H groups in total. The molecule has 0 bridgehead atoms. The third-order valence-electron chi connectivity index (χ3n) is 3.76. The monoisotopic (exact) mass is 270 g/mol. The van der Waals surface area contributed by atoms with Crippen LogP contribution in [0.2, 0.25) is 0 Å². The van der Waals surface area contributed by atoms with Crippen LogP contribution >= 0.6 is 0 Å². The topological polar surface area (TPSA) is 68.3 Å². The van der Waals surface area contributed by atoms with Gasteiger partial charge in [0, 0.05) is 18.5 Å². The van der Waals surface area contributed by atoms with Gasteiger partial charge in [0.05, 0.1) is 12.3 Å². The van der Waals surface area contributed by atoms with Gasteiger partial charge in [-0.1, -0.05) is 6.07 Å². The predicted octanol–water partition coefficient (Wildman–Crippen LogP) is 2.60. The van der Waals surface area contributed by atoms with Crippen molar-refractivity contribution >= 4 is 11.6 Å². The van der Waals surface area contributed by atoms with Crippen LogP contribution in [0.5, 0.6) is 0 Å². The van der Waals surface area contributed by atoms with Crippen molar-refractivity contribution in [3.63, 3.8) is 0 Å². The zero-order valence-corrected chi connectivity index (χ0v) is 11.3. The van der Waals surface area contributed by atoms with E-state index in [1.54, 1.807) is 6.26 Å². The highest BCUT2D eigenvalue weighted by atomic mass is 16.3. The van der Waals surface area contributed by atoms with Crippen molar-refractivity contribution in [2.75, 3.05) is 5.73 Å². The first-order valence-electron chi connectivity index (χ1n) is 6.92. The van der Waals surface area contributed by atoms with Crippen molar-refractivity contribution in [2.45, 2.75) is 31.7 Å². The molecule has 0 fully saturated rings. The van der Waals surface area contributed by atoms with Crippen LogP contribution in [0.25, 0.3) is 0 Å². The van der Waals surface area contributed by atoms with Gasteiger partial charge < -0.3 is 15.5 Å². The number of nitrogen functional groups attached to an aromatic ring is 1. The summed E-state index contributed by atoms with van der Waals surface area (Å²) in [6, 6.07) is 9.77. The fraction of sp³-hybridized carbons (Fsp3) is 0.312. The Morgan fingerprint density at radius 1 is 1.40 bits per heavy atom. The number of fused-ring (bicyclic) bond motifs is 1. The average Bonchev–Trinajstić information content (AvgIpc) is 3.06. The molecule has 1 aliphatic rings. The second kappa shape index (κ2) is 5.41.